The van der Waals surface area contributed by atoms with Gasteiger partial charge in [0.2, 0.25) is 0 Å². The number of carbonyl (C=O) groups is 16. The number of carbonyl (C=O) groups excluding carboxylic acids is 12. The van der Waals surface area contributed by atoms with Gasteiger partial charge in [0, 0.05) is 0 Å². The third kappa shape index (κ3) is 61.7. The van der Waals surface area contributed by atoms with E-state index in [0.717, 1.165) is 11.1 Å². The van der Waals surface area contributed by atoms with Crippen LogP contribution in [0.5, 0.6) is 0 Å². The molecule has 0 saturated carbocycles. The highest BCUT2D eigenvalue weighted by Crippen LogP contribution is 2.21. The van der Waals surface area contributed by atoms with Crippen molar-refractivity contribution in [1.82, 2.24) is 21.3 Å². The average molecular weight is 1740 g/mol. The normalized spacial score (nSPS) is 12.6. The molecule has 0 fully saturated rings. The summed E-state index contributed by atoms with van der Waals surface area (Å²) in [5.41, 5.74) is 3.31. The number of rotatable bonds is 44. The van der Waals surface area contributed by atoms with Gasteiger partial charge >= 0.3 is 96.0 Å². The Kier molecular flexibility index (Phi) is 60.2. The Hall–Kier alpha value is -13.2. The minimum absolute atomic E-state index is 0.00604. The fraction of sp³-hybridized carbons (Fsp3) is 0.465. The zero-order valence-corrected chi connectivity index (χ0v) is 72.2. The van der Waals surface area contributed by atoms with Gasteiger partial charge in [0.15, 0.2) is 0 Å². The van der Waals surface area contributed by atoms with Gasteiger partial charge in [-0.2, -0.15) is 0 Å². The van der Waals surface area contributed by atoms with Gasteiger partial charge in [0.1, 0.15) is 105 Å². The summed E-state index contributed by atoms with van der Waals surface area (Å²) in [5, 5.41) is 43.9. The highest BCUT2D eigenvalue weighted by atomic mass is 16.6. The van der Waals surface area contributed by atoms with E-state index in [2.05, 4.69) is 80.5 Å². The SMILES string of the molecule is C=CCOC(=O)C(NC(=O)OC(C)(C)C)[C@H](CC=C)C(=O)O.C=CCOC(=O)C(NC(=O)OC(C)(C)C)[C@H](CC=C)C(=O)OCc1ccccc1.C=CCOC(=O)CC(C)C(=O)OCC=C.C=CCOC(=O)CC(NC(=O)OC(C)(C)C)C(=O)OCC=C.C=CC[C@H](C(=O)OCc1ccccc1)C(NC(=O)OC(C)(C)C)C(=O)O.NC(CC(=O)O)C(=O)O. The first kappa shape index (κ1) is 116. The van der Waals surface area contributed by atoms with Crippen molar-refractivity contribution in [3.05, 3.63) is 186 Å². The van der Waals surface area contributed by atoms with Crippen LogP contribution in [0, 0.1) is 23.7 Å². The van der Waals surface area contributed by atoms with Gasteiger partial charge in [0.05, 0.1) is 42.9 Å². The molecule has 0 aliphatic heterocycles. The van der Waals surface area contributed by atoms with E-state index in [-0.39, 0.29) is 85.0 Å². The van der Waals surface area contributed by atoms with Gasteiger partial charge in [-0.1, -0.05) is 162 Å². The molecule has 0 heterocycles. The van der Waals surface area contributed by atoms with Crippen molar-refractivity contribution in [3.63, 3.8) is 0 Å². The number of alkyl carbamates (subject to hydrolysis) is 4. The number of ether oxygens (including phenoxy) is 12. The molecule has 0 radical (unpaired) electrons. The predicted molar refractivity (Wildman–Crippen MR) is 448 cm³/mol. The lowest BCUT2D eigenvalue weighted by Crippen LogP contribution is -2.50. The summed E-state index contributed by atoms with van der Waals surface area (Å²) >= 11 is 0. The number of allylic oxidation sites excluding steroid dienone is 3. The second-order valence-electron chi connectivity index (χ2n) is 29.3. The van der Waals surface area contributed by atoms with E-state index >= 15 is 0 Å². The van der Waals surface area contributed by atoms with E-state index in [1.54, 1.807) is 114 Å². The number of benzene rings is 2. The van der Waals surface area contributed by atoms with Crippen LogP contribution in [0.1, 0.15) is 140 Å². The monoisotopic (exact) mass is 1740 g/mol. The number of hydrogen-bond donors (Lipinski definition) is 9. The van der Waals surface area contributed by atoms with Gasteiger partial charge in [-0.3, -0.25) is 38.4 Å². The first-order valence-electron chi connectivity index (χ1n) is 37.8. The number of nitrogens with two attached hydrogens (primary N) is 1. The summed E-state index contributed by atoms with van der Waals surface area (Å²) in [6.45, 7) is 52.9. The maximum Gasteiger partial charge on any atom is 0.408 e. The number of carboxylic acids is 4. The van der Waals surface area contributed by atoms with Crippen LogP contribution in [0.4, 0.5) is 19.2 Å². The lowest BCUT2D eigenvalue weighted by Gasteiger charge is -2.26. The first-order valence-corrected chi connectivity index (χ1v) is 37.8. The van der Waals surface area contributed by atoms with E-state index in [9.17, 15) is 86.9 Å². The number of nitrogens with one attached hydrogen (secondary N) is 4. The van der Waals surface area contributed by atoms with E-state index in [1.807, 2.05) is 36.4 Å². The van der Waals surface area contributed by atoms with Crippen molar-refractivity contribution in [3.8, 4) is 0 Å². The molecule has 0 bridgehead atoms. The quantitative estimate of drug-likeness (QED) is 0.0169. The Bertz CT molecular complexity index is 3770. The number of esters is 8. The zero-order chi connectivity index (χ0) is 95.2. The summed E-state index contributed by atoms with van der Waals surface area (Å²) in [4.78, 5) is 185. The molecular weight excluding hydrogens is 1610 g/mol. The molecule has 9 atom stereocenters. The minimum atomic E-state index is -1.49. The Morgan fingerprint density at radius 2 is 0.634 bits per heavy atom. The largest absolute Gasteiger partial charge is 0.481 e. The Morgan fingerprint density at radius 1 is 0.341 bits per heavy atom. The third-order valence-corrected chi connectivity index (χ3v) is 13.7. The third-order valence-electron chi connectivity index (χ3n) is 13.7. The standard InChI is InChI=1S/C22H29NO6.C19H25NO6.2C15H23NO6.C11H16O4.C4H7NO4/c1-6-11-17(19(24)28-15-16-12-9-8-10-13-16)18(20(25)27-14-7-2)23-21(26)29-22(3,4)5;1-5-9-14(17(23)25-12-13-10-7-6-8-11-13)15(16(21)22)20-18(24)26-19(2,3)4;1-6-8-20-12(17)10-11(13(18)21-9-7-2)16-14(19)22-15(3,4)5;1-6-8-10(12(17)18)11(13(19)21-9-7-2)16-14(20)22-15(3,4)5;1-4-6-14-10(12)8-9(3)11(13)15-7-5-2;5-2(4(8)9)1-3(6)7/h6-10,12-13,17-18H,1-2,11,14-15H2,3-5H3,(H,23,26);5-8,10-11,14-15H,1,9,12H2,2-4H3,(H,20,24)(H,21,22);6-7,11H,1-2,8-10H2,3-5H3,(H,16,19);6-7,10-11H,1-2,8-9H2,3-5H3,(H,16,20)(H,17,18);4-5,9H,1-2,6-8H2,3H3;2H,1,5H2,(H,6,7)(H,8,9)/t17-,18?;14-,15?;;10-,11?;;/m00.0../s1. The molecule has 6 unspecified atom stereocenters. The van der Waals surface area contributed by atoms with Crippen molar-refractivity contribution in [2.75, 3.05) is 39.6 Å². The van der Waals surface area contributed by atoms with E-state index in [4.69, 9.17) is 72.8 Å². The second-order valence-corrected chi connectivity index (χ2v) is 29.3. The van der Waals surface area contributed by atoms with E-state index < -0.39 is 179 Å². The maximum atomic E-state index is 12.7. The summed E-state index contributed by atoms with van der Waals surface area (Å²) in [6, 6.07) is 11.4. The summed E-state index contributed by atoms with van der Waals surface area (Å²) < 4.78 is 59.9. The lowest BCUT2D eigenvalue weighted by molar-refractivity contribution is -0.158. The molecule has 0 aliphatic rings. The Morgan fingerprint density at radius 3 is 0.935 bits per heavy atom. The predicted octanol–water partition coefficient (Wildman–Crippen LogP) is 10.4. The molecule has 4 amide bonds. The molecule has 684 valence electrons. The molecule has 2 aromatic rings. The van der Waals surface area contributed by atoms with Crippen molar-refractivity contribution < 1.29 is 154 Å². The molecule has 0 spiro atoms. The molecule has 123 heavy (non-hydrogen) atoms. The molecule has 10 N–H and O–H groups in total. The molecule has 2 aromatic carbocycles. The van der Waals surface area contributed by atoms with Crippen LogP contribution in [-0.4, -0.2) is 209 Å². The van der Waals surface area contributed by atoms with Crippen molar-refractivity contribution in [2.45, 2.75) is 194 Å². The maximum absolute atomic E-state index is 12.7. The number of aliphatic carboxylic acids is 4. The average Bonchev–Trinajstić information content (AvgIpc) is 0.855. The van der Waals surface area contributed by atoms with Gasteiger partial charge in [-0.25, -0.2) is 38.4 Å². The fourth-order valence-electron chi connectivity index (χ4n) is 8.44. The van der Waals surface area contributed by atoms with E-state index in [1.165, 1.54) is 54.7 Å². The fourth-order valence-corrected chi connectivity index (χ4v) is 8.44. The summed E-state index contributed by atoms with van der Waals surface area (Å²) in [5.74, 6) is -14.3. The number of hydrogen-bond acceptors (Lipinski definition) is 29. The Labute approximate surface area is 717 Å². The smallest absolute Gasteiger partial charge is 0.408 e. The van der Waals surface area contributed by atoms with Gasteiger partial charge in [0.25, 0.3) is 0 Å². The van der Waals surface area contributed by atoms with Crippen molar-refractivity contribution in [1.29, 1.82) is 0 Å². The lowest BCUT2D eigenvalue weighted by atomic mass is 9.96. The van der Waals surface area contributed by atoms with Gasteiger partial charge < -0.3 is 104 Å². The zero-order valence-electron chi connectivity index (χ0n) is 72.2. The molecule has 0 saturated heterocycles. The molecular formula is C86H123N5O32. The van der Waals surface area contributed by atoms with Crippen molar-refractivity contribution in [2.24, 2.45) is 29.4 Å². The van der Waals surface area contributed by atoms with Gasteiger partial charge in [-0.05, 0) is 113 Å². The molecule has 37 heteroatoms. The van der Waals surface area contributed by atoms with Crippen LogP contribution in [0.15, 0.2) is 175 Å². The van der Waals surface area contributed by atoms with Gasteiger partial charge in [-0.15, -0.1) is 19.7 Å². The van der Waals surface area contributed by atoms with Crippen LogP contribution in [-0.2, 0) is 128 Å². The number of amides is 4. The first-order chi connectivity index (χ1) is 57.3. The van der Waals surface area contributed by atoms with E-state index in [0.29, 0.717) is 0 Å². The second kappa shape index (κ2) is 63.8. The molecule has 0 aromatic heterocycles. The Balaban J connectivity index is -0.000000709. The number of carboxylic acid groups (broad SMARTS) is 4. The van der Waals surface area contributed by atoms with Crippen LogP contribution >= 0.6 is 0 Å². The summed E-state index contributed by atoms with van der Waals surface area (Å²) in [7, 11) is 0. The van der Waals surface area contributed by atoms with Crippen molar-refractivity contribution >= 4 is 96.0 Å². The van der Waals surface area contributed by atoms with Crippen LogP contribution < -0.4 is 27.0 Å². The molecule has 2 rings (SSSR count). The molecule has 37 nitrogen and oxygen atoms in total. The van der Waals surface area contributed by atoms with Crippen LogP contribution in [0.2, 0.25) is 0 Å². The molecule has 0 aliphatic carbocycles. The summed E-state index contributed by atoms with van der Waals surface area (Å²) in [6.07, 6.45) is 8.39. The van der Waals surface area contributed by atoms with Crippen LogP contribution in [0.25, 0.3) is 0 Å². The highest BCUT2D eigenvalue weighted by molar-refractivity contribution is 5.90. The minimum Gasteiger partial charge on any atom is -0.481 e. The highest BCUT2D eigenvalue weighted by Gasteiger charge is 2.40. The topological polar surface area (TPSA) is 539 Å². The van der Waals surface area contributed by atoms with Crippen LogP contribution in [0.3, 0.4) is 0 Å².